The minimum Gasteiger partial charge on any atom is -0.484 e. The number of nitrogens with zero attached hydrogens (tertiary/aromatic N) is 1. The molecule has 2 aromatic carbocycles. The Kier molecular flexibility index (Phi) is 8.26. The molecule has 0 aromatic heterocycles. The second-order valence-electron chi connectivity index (χ2n) is 7.60. The van der Waals surface area contributed by atoms with E-state index >= 15 is 0 Å². The second-order valence-corrected chi connectivity index (χ2v) is 8.52. The van der Waals surface area contributed by atoms with Crippen molar-refractivity contribution >= 4 is 27.7 Å². The summed E-state index contributed by atoms with van der Waals surface area (Å²) in [6.07, 6.45) is 0. The predicted molar refractivity (Wildman–Crippen MR) is 119 cm³/mol. The predicted octanol–water partition coefficient (Wildman–Crippen LogP) is 4.39. The summed E-state index contributed by atoms with van der Waals surface area (Å²) in [4.78, 5) is 27.1. The highest BCUT2D eigenvalue weighted by Gasteiger charge is 2.26. The van der Waals surface area contributed by atoms with E-state index in [1.54, 1.807) is 11.8 Å². The molecular weight excluding hydrogens is 432 g/mol. The van der Waals surface area contributed by atoms with Crippen molar-refractivity contribution in [3.63, 3.8) is 0 Å². The molecule has 0 aliphatic rings. The lowest BCUT2D eigenvalue weighted by Gasteiger charge is -2.29. The molecule has 156 valence electrons. The van der Waals surface area contributed by atoms with Crippen LogP contribution in [-0.2, 0) is 16.1 Å². The smallest absolute Gasteiger partial charge is 0.261 e. The van der Waals surface area contributed by atoms with Gasteiger partial charge >= 0.3 is 0 Å². The van der Waals surface area contributed by atoms with Gasteiger partial charge in [0.25, 0.3) is 5.91 Å². The number of carbonyl (C=O) groups excluding carboxylic acids is 2. The van der Waals surface area contributed by atoms with Gasteiger partial charge in [-0.2, -0.15) is 0 Å². The van der Waals surface area contributed by atoms with Crippen molar-refractivity contribution < 1.29 is 14.3 Å². The van der Waals surface area contributed by atoms with E-state index in [0.29, 0.717) is 12.3 Å². The van der Waals surface area contributed by atoms with Gasteiger partial charge in [0.1, 0.15) is 11.8 Å². The van der Waals surface area contributed by atoms with Crippen molar-refractivity contribution in [2.24, 2.45) is 0 Å². The molecule has 6 heteroatoms. The molecule has 0 radical (unpaired) electrons. The minimum atomic E-state index is -0.614. The molecule has 0 fully saturated rings. The lowest BCUT2D eigenvalue weighted by atomic mass is 10.1. The zero-order valence-electron chi connectivity index (χ0n) is 17.7. The van der Waals surface area contributed by atoms with Gasteiger partial charge in [0, 0.05) is 17.1 Å². The summed E-state index contributed by atoms with van der Waals surface area (Å²) in [7, 11) is 0. The number of carbonyl (C=O) groups is 2. The summed E-state index contributed by atoms with van der Waals surface area (Å²) < 4.78 is 6.71. The quantitative estimate of drug-likeness (QED) is 0.635. The summed E-state index contributed by atoms with van der Waals surface area (Å²) in [5.41, 5.74) is 3.09. The first-order valence-corrected chi connectivity index (χ1v) is 10.5. The Morgan fingerprint density at radius 2 is 1.62 bits per heavy atom. The Balaban J connectivity index is 2.16. The van der Waals surface area contributed by atoms with Gasteiger partial charge in [-0.25, -0.2) is 0 Å². The van der Waals surface area contributed by atoms with Gasteiger partial charge in [0.15, 0.2) is 6.61 Å². The van der Waals surface area contributed by atoms with Crippen LogP contribution in [0.4, 0.5) is 0 Å². The van der Waals surface area contributed by atoms with Crippen molar-refractivity contribution in [1.82, 2.24) is 10.2 Å². The maximum absolute atomic E-state index is 13.0. The first-order chi connectivity index (χ1) is 13.7. The number of rotatable bonds is 8. The van der Waals surface area contributed by atoms with Crippen LogP contribution in [0.25, 0.3) is 0 Å². The van der Waals surface area contributed by atoms with Crippen LogP contribution in [-0.4, -0.2) is 35.4 Å². The SMILES string of the molecule is Cc1cc(C)cc(OCC(=O)N(Cc2ccc(Br)cc2)[C@H](C)C(=O)NC(C)C)c1. The van der Waals surface area contributed by atoms with Gasteiger partial charge in [-0.05, 0) is 75.6 Å². The van der Waals surface area contributed by atoms with Gasteiger partial charge in [0.05, 0.1) is 0 Å². The van der Waals surface area contributed by atoms with E-state index in [9.17, 15) is 9.59 Å². The third-order valence-electron chi connectivity index (χ3n) is 4.42. The molecule has 2 aromatic rings. The molecule has 0 aliphatic carbocycles. The molecule has 0 saturated heterocycles. The largest absolute Gasteiger partial charge is 0.484 e. The van der Waals surface area contributed by atoms with Crippen LogP contribution >= 0.6 is 15.9 Å². The molecule has 0 heterocycles. The zero-order chi connectivity index (χ0) is 21.6. The Labute approximate surface area is 181 Å². The van der Waals surface area contributed by atoms with Gasteiger partial charge < -0.3 is 15.0 Å². The molecular formula is C23H29BrN2O3. The Hall–Kier alpha value is -2.34. The lowest BCUT2D eigenvalue weighted by Crippen LogP contribution is -2.50. The van der Waals surface area contributed by atoms with Crippen molar-refractivity contribution in [2.75, 3.05) is 6.61 Å². The van der Waals surface area contributed by atoms with Crippen LogP contribution in [0.5, 0.6) is 5.75 Å². The van der Waals surface area contributed by atoms with Crippen molar-refractivity contribution in [3.05, 3.63) is 63.6 Å². The fourth-order valence-electron chi connectivity index (χ4n) is 3.02. The van der Waals surface area contributed by atoms with E-state index in [1.807, 2.05) is 70.2 Å². The van der Waals surface area contributed by atoms with E-state index < -0.39 is 6.04 Å². The molecule has 0 bridgehead atoms. The van der Waals surface area contributed by atoms with E-state index in [2.05, 4.69) is 21.2 Å². The van der Waals surface area contributed by atoms with Crippen LogP contribution in [0.1, 0.15) is 37.5 Å². The first-order valence-electron chi connectivity index (χ1n) is 9.71. The Morgan fingerprint density at radius 3 is 2.17 bits per heavy atom. The number of hydrogen-bond donors (Lipinski definition) is 1. The van der Waals surface area contributed by atoms with Crippen LogP contribution in [0, 0.1) is 13.8 Å². The first kappa shape index (κ1) is 22.9. The molecule has 5 nitrogen and oxygen atoms in total. The molecule has 0 saturated carbocycles. The topological polar surface area (TPSA) is 58.6 Å². The average Bonchev–Trinajstić information content (AvgIpc) is 2.63. The molecule has 0 spiro atoms. The highest BCUT2D eigenvalue weighted by Crippen LogP contribution is 2.18. The third kappa shape index (κ3) is 7.20. The number of hydrogen-bond acceptors (Lipinski definition) is 3. The van der Waals surface area contributed by atoms with E-state index in [-0.39, 0.29) is 24.5 Å². The Morgan fingerprint density at radius 1 is 1.03 bits per heavy atom. The monoisotopic (exact) mass is 460 g/mol. The van der Waals surface area contributed by atoms with Crippen LogP contribution < -0.4 is 10.1 Å². The van der Waals surface area contributed by atoms with Crippen molar-refractivity contribution in [1.29, 1.82) is 0 Å². The lowest BCUT2D eigenvalue weighted by molar-refractivity contribution is -0.142. The fourth-order valence-corrected chi connectivity index (χ4v) is 3.28. The summed E-state index contributed by atoms with van der Waals surface area (Å²) in [5.74, 6) is 0.231. The minimum absolute atomic E-state index is 0.00102. The highest BCUT2D eigenvalue weighted by atomic mass is 79.9. The van der Waals surface area contributed by atoms with E-state index in [0.717, 1.165) is 21.2 Å². The van der Waals surface area contributed by atoms with Crippen LogP contribution in [0.2, 0.25) is 0 Å². The molecule has 0 aliphatic heterocycles. The van der Waals surface area contributed by atoms with E-state index in [1.165, 1.54) is 0 Å². The maximum atomic E-state index is 13.0. The molecule has 29 heavy (non-hydrogen) atoms. The normalized spacial score (nSPS) is 11.8. The summed E-state index contributed by atoms with van der Waals surface area (Å²) >= 11 is 3.42. The number of halogens is 1. The fraction of sp³-hybridized carbons (Fsp3) is 0.391. The third-order valence-corrected chi connectivity index (χ3v) is 4.95. The maximum Gasteiger partial charge on any atom is 0.261 e. The van der Waals surface area contributed by atoms with Gasteiger partial charge in [-0.1, -0.05) is 34.1 Å². The molecule has 1 atom stereocenters. The van der Waals surface area contributed by atoms with Gasteiger partial charge in [-0.3, -0.25) is 9.59 Å². The number of nitrogens with one attached hydrogen (secondary N) is 1. The molecule has 0 unspecified atom stereocenters. The molecule has 1 N–H and O–H groups in total. The number of amides is 2. The van der Waals surface area contributed by atoms with Gasteiger partial charge in [-0.15, -0.1) is 0 Å². The summed E-state index contributed by atoms with van der Waals surface area (Å²) in [5, 5.41) is 2.88. The summed E-state index contributed by atoms with van der Waals surface area (Å²) in [6, 6.07) is 12.9. The summed E-state index contributed by atoms with van der Waals surface area (Å²) in [6.45, 7) is 9.71. The molecule has 2 rings (SSSR count). The standard InChI is InChI=1S/C23H29BrN2O3/c1-15(2)25-23(28)18(5)26(13-19-6-8-20(24)9-7-19)22(27)14-29-21-11-16(3)10-17(4)12-21/h6-12,15,18H,13-14H2,1-5H3,(H,25,28)/t18-/m1/s1. The molecule has 2 amide bonds. The van der Waals surface area contributed by atoms with Crippen LogP contribution in [0.15, 0.2) is 46.9 Å². The number of benzene rings is 2. The van der Waals surface area contributed by atoms with Crippen molar-refractivity contribution in [2.45, 2.75) is 53.2 Å². The highest BCUT2D eigenvalue weighted by molar-refractivity contribution is 9.10. The van der Waals surface area contributed by atoms with E-state index in [4.69, 9.17) is 4.74 Å². The number of ether oxygens (including phenoxy) is 1. The Bertz CT molecular complexity index is 829. The van der Waals surface area contributed by atoms with Crippen LogP contribution in [0.3, 0.4) is 0 Å². The zero-order valence-corrected chi connectivity index (χ0v) is 19.2. The average molecular weight is 461 g/mol. The van der Waals surface area contributed by atoms with Gasteiger partial charge in [0.2, 0.25) is 5.91 Å². The van der Waals surface area contributed by atoms with Crippen molar-refractivity contribution in [3.8, 4) is 5.75 Å². The second kappa shape index (κ2) is 10.4. The number of aryl methyl sites for hydroxylation is 2.